The first-order valence-electron chi connectivity index (χ1n) is 6.70. The molecule has 0 N–H and O–H groups in total. The quantitative estimate of drug-likeness (QED) is 0.246. The van der Waals surface area contributed by atoms with Crippen molar-refractivity contribution in [2.24, 2.45) is 10.6 Å². The second kappa shape index (κ2) is 10.9. The van der Waals surface area contributed by atoms with E-state index in [9.17, 15) is 10.4 Å². The average molecular weight is 292 g/mol. The summed E-state index contributed by atoms with van der Waals surface area (Å²) in [5.74, 6) is 0. The minimum Gasteiger partial charge on any atom is -0.569 e. The molecule has 0 saturated carbocycles. The fourth-order valence-electron chi connectivity index (χ4n) is 1.29. The van der Waals surface area contributed by atoms with Crippen molar-refractivity contribution >= 4 is 0 Å². The van der Waals surface area contributed by atoms with Crippen LogP contribution in [-0.4, -0.2) is 59.3 Å². The van der Waals surface area contributed by atoms with Gasteiger partial charge >= 0.3 is 0 Å². The predicted molar refractivity (Wildman–Crippen MR) is 69.9 cm³/mol. The van der Waals surface area contributed by atoms with E-state index in [-0.39, 0.29) is 13.2 Å². The number of hydrogen-bond donors (Lipinski definition) is 0. The van der Waals surface area contributed by atoms with Crippen molar-refractivity contribution in [1.29, 1.82) is 0 Å². The Bertz CT molecular complexity index is 274. The largest absolute Gasteiger partial charge is 0.569 e. The molecule has 10 nitrogen and oxygen atoms in total. The van der Waals surface area contributed by atoms with Crippen LogP contribution in [0.1, 0.15) is 27.7 Å². The van der Waals surface area contributed by atoms with Gasteiger partial charge in [-0.25, -0.2) is 0 Å². The molecular formula is C10H24N6O4. The van der Waals surface area contributed by atoms with Crippen molar-refractivity contribution in [2.45, 2.75) is 27.7 Å². The highest BCUT2D eigenvalue weighted by molar-refractivity contribution is 4.30. The highest BCUT2D eigenvalue weighted by Gasteiger charge is 2.07. The van der Waals surface area contributed by atoms with Gasteiger partial charge in [0.1, 0.15) is 0 Å². The third kappa shape index (κ3) is 6.81. The minimum absolute atomic E-state index is 0.0234. The summed E-state index contributed by atoms with van der Waals surface area (Å²) in [5, 5.41) is 32.2. The maximum atomic E-state index is 11.3. The topological polar surface area (TPSA) is 102 Å². The van der Waals surface area contributed by atoms with E-state index in [1.165, 1.54) is 10.0 Å². The molecule has 20 heavy (non-hydrogen) atoms. The zero-order valence-electron chi connectivity index (χ0n) is 12.6. The second-order valence-electron chi connectivity index (χ2n) is 3.61. The second-order valence-corrected chi connectivity index (χ2v) is 3.61. The highest BCUT2D eigenvalue weighted by atomic mass is 16.7. The third-order valence-corrected chi connectivity index (χ3v) is 2.47. The maximum Gasteiger partial charge on any atom is 0.233 e. The van der Waals surface area contributed by atoms with Crippen LogP contribution >= 0.6 is 0 Å². The molecule has 0 unspecified atom stereocenters. The Morgan fingerprint density at radius 1 is 0.750 bits per heavy atom. The zero-order chi connectivity index (χ0) is 15.4. The van der Waals surface area contributed by atoms with Gasteiger partial charge in [0.05, 0.1) is 36.1 Å². The van der Waals surface area contributed by atoms with Crippen molar-refractivity contribution in [3.63, 3.8) is 0 Å². The lowest BCUT2D eigenvalue weighted by molar-refractivity contribution is -0.712. The van der Waals surface area contributed by atoms with E-state index < -0.39 is 0 Å². The molecule has 118 valence electrons. The Morgan fingerprint density at radius 3 is 1.30 bits per heavy atom. The predicted octanol–water partition coefficient (Wildman–Crippen LogP) is 1.29. The molecule has 0 heterocycles. The molecule has 0 aliphatic carbocycles. The first-order chi connectivity index (χ1) is 9.60. The Kier molecular flexibility index (Phi) is 9.79. The fraction of sp³-hybridized carbons (Fsp3) is 1.00. The molecule has 0 aliphatic rings. The van der Waals surface area contributed by atoms with Gasteiger partial charge in [-0.2, -0.15) is 0 Å². The van der Waals surface area contributed by atoms with E-state index in [1.807, 2.05) is 27.7 Å². The molecule has 0 fully saturated rings. The molecule has 0 rings (SSSR count). The SMILES string of the molecule is CCN(CC)/[N+]([O-])=N\OCCO/N=[N+](/[O-])N(CC)CC. The van der Waals surface area contributed by atoms with Crippen molar-refractivity contribution in [1.82, 2.24) is 10.0 Å². The lowest BCUT2D eigenvalue weighted by Crippen LogP contribution is -2.30. The van der Waals surface area contributed by atoms with Gasteiger partial charge in [0.25, 0.3) is 0 Å². The van der Waals surface area contributed by atoms with Gasteiger partial charge in [0.2, 0.25) is 10.6 Å². The molecular weight excluding hydrogens is 268 g/mol. The van der Waals surface area contributed by atoms with Crippen LogP contribution in [0.5, 0.6) is 0 Å². The van der Waals surface area contributed by atoms with Crippen molar-refractivity contribution in [3.8, 4) is 0 Å². The summed E-state index contributed by atoms with van der Waals surface area (Å²) in [7, 11) is 0. The van der Waals surface area contributed by atoms with Crippen LogP contribution in [0.25, 0.3) is 0 Å². The molecule has 0 aromatic heterocycles. The van der Waals surface area contributed by atoms with E-state index in [4.69, 9.17) is 9.68 Å². The van der Waals surface area contributed by atoms with Crippen LogP contribution < -0.4 is 0 Å². The van der Waals surface area contributed by atoms with Crippen LogP contribution in [0.4, 0.5) is 0 Å². The molecule has 0 amide bonds. The molecule has 0 aromatic carbocycles. The lowest BCUT2D eigenvalue weighted by Gasteiger charge is -2.13. The normalized spacial score (nSPS) is 12.2. The van der Waals surface area contributed by atoms with Crippen molar-refractivity contribution in [3.05, 3.63) is 10.4 Å². The summed E-state index contributed by atoms with van der Waals surface area (Å²) >= 11 is 0. The van der Waals surface area contributed by atoms with Crippen LogP contribution in [-0.2, 0) is 9.68 Å². The van der Waals surface area contributed by atoms with E-state index >= 15 is 0 Å². The van der Waals surface area contributed by atoms with E-state index in [0.29, 0.717) is 36.1 Å². The van der Waals surface area contributed by atoms with Gasteiger partial charge < -0.3 is 20.1 Å². The molecule has 0 bridgehead atoms. The molecule has 0 aromatic rings. The fourth-order valence-corrected chi connectivity index (χ4v) is 1.29. The van der Waals surface area contributed by atoms with E-state index in [1.54, 1.807) is 0 Å². The Morgan fingerprint density at radius 2 is 1.05 bits per heavy atom. The Balaban J connectivity index is 3.92. The van der Waals surface area contributed by atoms with Gasteiger partial charge in [-0.15, -0.1) is 10.0 Å². The standard InChI is InChI=1S/C10H24N6O4/c1-5-13(6-2)15(17)11-19-9-10-20-12-16(18)14(7-3)8-4/h5-10H2,1-4H3/b15-11+,16-12+. The molecule has 0 saturated heterocycles. The van der Waals surface area contributed by atoms with Crippen LogP contribution in [0.15, 0.2) is 10.6 Å². The molecule has 0 aliphatic heterocycles. The van der Waals surface area contributed by atoms with Gasteiger partial charge in [-0.05, 0) is 27.7 Å². The zero-order valence-corrected chi connectivity index (χ0v) is 12.6. The first-order valence-corrected chi connectivity index (χ1v) is 6.70. The van der Waals surface area contributed by atoms with Crippen LogP contribution in [0.2, 0.25) is 0 Å². The summed E-state index contributed by atoms with van der Waals surface area (Å²) in [4.78, 5) is 10.3. The molecule has 10 heteroatoms. The summed E-state index contributed by atoms with van der Waals surface area (Å²) in [6, 6.07) is 0. The van der Waals surface area contributed by atoms with Gasteiger partial charge in [-0.1, -0.05) is 0 Å². The maximum absolute atomic E-state index is 11.3. The Labute approximate surface area is 118 Å². The van der Waals surface area contributed by atoms with E-state index in [2.05, 4.69) is 10.6 Å². The lowest BCUT2D eigenvalue weighted by atomic mass is 10.6. The van der Waals surface area contributed by atoms with Gasteiger partial charge in [0.15, 0.2) is 13.2 Å². The monoisotopic (exact) mass is 292 g/mol. The summed E-state index contributed by atoms with van der Waals surface area (Å²) in [6.07, 6.45) is 0. The number of nitrogens with zero attached hydrogens (tertiary/aromatic N) is 6. The van der Waals surface area contributed by atoms with E-state index in [0.717, 1.165) is 0 Å². The highest BCUT2D eigenvalue weighted by Crippen LogP contribution is 1.92. The van der Waals surface area contributed by atoms with Gasteiger partial charge in [-0.3, -0.25) is 0 Å². The van der Waals surface area contributed by atoms with Crippen LogP contribution in [0.3, 0.4) is 0 Å². The number of rotatable bonds is 11. The summed E-state index contributed by atoms with van der Waals surface area (Å²) < 4.78 is 0. The van der Waals surface area contributed by atoms with Crippen molar-refractivity contribution in [2.75, 3.05) is 39.4 Å². The summed E-state index contributed by atoms with van der Waals surface area (Å²) in [5.41, 5.74) is 0. The summed E-state index contributed by atoms with van der Waals surface area (Å²) in [6.45, 7) is 9.53. The van der Waals surface area contributed by atoms with Gasteiger partial charge in [0, 0.05) is 0 Å². The van der Waals surface area contributed by atoms with Crippen LogP contribution in [0, 0.1) is 10.4 Å². The van der Waals surface area contributed by atoms with Crippen molar-refractivity contribution < 1.29 is 19.6 Å². The third-order valence-electron chi connectivity index (χ3n) is 2.47. The molecule has 0 spiro atoms. The Hall–Kier alpha value is -2.00. The first kappa shape index (κ1) is 18.0. The molecule has 0 radical (unpaired) electrons. The molecule has 0 atom stereocenters. The number of hydrogen-bond acceptors (Lipinski definition) is 6. The minimum atomic E-state index is 0.0234. The average Bonchev–Trinajstić information content (AvgIpc) is 2.45. The smallest absolute Gasteiger partial charge is 0.233 e. The number of hydrazine groups is 2.